The monoisotopic (exact) mass is 648 g/mol. The Bertz CT molecular complexity index is 1790. The molecule has 0 saturated heterocycles. The maximum Gasteiger partial charge on any atom is 0.124 e. The van der Waals surface area contributed by atoms with Gasteiger partial charge in [-0.05, 0) is 52.4 Å². The van der Waals surface area contributed by atoms with E-state index in [2.05, 4.69) is 43.1 Å². The van der Waals surface area contributed by atoms with Gasteiger partial charge in [0.1, 0.15) is 5.75 Å². The van der Waals surface area contributed by atoms with Gasteiger partial charge in [-0.25, -0.2) is 4.98 Å². The molecule has 3 aromatic carbocycles. The molecular formula is C31H21N2O2Pt-. The van der Waals surface area contributed by atoms with Gasteiger partial charge in [-0.2, -0.15) is 0 Å². The number of aromatic hydroxyl groups is 1. The van der Waals surface area contributed by atoms with Crippen molar-refractivity contribution in [3.8, 4) is 39.5 Å². The van der Waals surface area contributed by atoms with Gasteiger partial charge >= 0.3 is 0 Å². The summed E-state index contributed by atoms with van der Waals surface area (Å²) in [5.41, 5.74) is 9.01. The molecule has 7 rings (SSSR count). The van der Waals surface area contributed by atoms with Crippen molar-refractivity contribution in [2.24, 2.45) is 0 Å². The number of phenols is 1. The van der Waals surface area contributed by atoms with Crippen molar-refractivity contribution >= 4 is 21.9 Å². The van der Waals surface area contributed by atoms with Crippen LogP contribution in [0.1, 0.15) is 25.0 Å². The van der Waals surface area contributed by atoms with Gasteiger partial charge in [0.05, 0.1) is 22.6 Å². The first-order chi connectivity index (χ1) is 17.0. The third-order valence-electron chi connectivity index (χ3n) is 7.14. The molecule has 6 aromatic rings. The van der Waals surface area contributed by atoms with Crippen LogP contribution in [0.4, 0.5) is 0 Å². The molecule has 1 aliphatic rings. The summed E-state index contributed by atoms with van der Waals surface area (Å²) in [6, 6.07) is 29.1. The van der Waals surface area contributed by atoms with E-state index in [-0.39, 0.29) is 32.2 Å². The summed E-state index contributed by atoms with van der Waals surface area (Å²) in [5.74, 6) is 0.220. The van der Waals surface area contributed by atoms with E-state index in [0.29, 0.717) is 0 Å². The van der Waals surface area contributed by atoms with E-state index >= 15 is 0 Å². The standard InChI is InChI=1S/C31H21N2O2.Pt/c1-31(2)21-12-15-27-28(20-17-18(10-14-26(20)35-27)23-8-5-6-16-32-23)29(21)30-22(31)11-13-24(33-30)19-7-3-4-9-25(19)34;/h3-16,34H,1-2H3;/q-1;. The smallest absolute Gasteiger partial charge is 0.124 e. The minimum Gasteiger partial charge on any atom is -0.507 e. The van der Waals surface area contributed by atoms with E-state index in [0.717, 1.165) is 61.3 Å². The van der Waals surface area contributed by atoms with Crippen LogP contribution in [0.3, 0.4) is 0 Å². The Morgan fingerprint density at radius 1 is 0.806 bits per heavy atom. The van der Waals surface area contributed by atoms with Crippen LogP contribution in [0.5, 0.6) is 5.75 Å². The van der Waals surface area contributed by atoms with Crippen molar-refractivity contribution in [2.75, 3.05) is 0 Å². The maximum absolute atomic E-state index is 10.5. The first-order valence-corrected chi connectivity index (χ1v) is 11.7. The van der Waals surface area contributed by atoms with Crippen LogP contribution in [0.15, 0.2) is 89.5 Å². The quantitative estimate of drug-likeness (QED) is 0.198. The van der Waals surface area contributed by atoms with Gasteiger partial charge in [0.15, 0.2) is 0 Å². The molecular weight excluding hydrogens is 627 g/mol. The molecule has 0 saturated carbocycles. The number of aromatic nitrogens is 2. The van der Waals surface area contributed by atoms with Crippen molar-refractivity contribution in [3.05, 3.63) is 102 Å². The Balaban J connectivity index is 0.00000240. The van der Waals surface area contributed by atoms with E-state index < -0.39 is 0 Å². The van der Waals surface area contributed by atoms with Crippen LogP contribution >= 0.6 is 0 Å². The molecule has 1 N–H and O–H groups in total. The van der Waals surface area contributed by atoms with Crippen LogP contribution in [-0.2, 0) is 26.5 Å². The van der Waals surface area contributed by atoms with Gasteiger partial charge in [-0.15, -0.1) is 12.1 Å². The molecule has 0 fully saturated rings. The second kappa shape index (κ2) is 8.14. The molecule has 0 unspecified atom stereocenters. The number of pyridine rings is 2. The Hall–Kier alpha value is -3.75. The van der Waals surface area contributed by atoms with E-state index in [4.69, 9.17) is 9.40 Å². The Morgan fingerprint density at radius 3 is 2.39 bits per heavy atom. The van der Waals surface area contributed by atoms with Crippen LogP contribution in [-0.4, -0.2) is 15.1 Å². The third-order valence-corrected chi connectivity index (χ3v) is 7.14. The summed E-state index contributed by atoms with van der Waals surface area (Å²) in [7, 11) is 0. The maximum atomic E-state index is 10.5. The molecule has 36 heavy (non-hydrogen) atoms. The van der Waals surface area contributed by atoms with Crippen LogP contribution in [0, 0.1) is 6.07 Å². The number of fused-ring (bicyclic) bond motifs is 7. The minimum absolute atomic E-state index is 0. The van der Waals surface area contributed by atoms with Gasteiger partial charge in [0.25, 0.3) is 0 Å². The number of benzene rings is 3. The number of phenolic OH excluding ortho intramolecular Hbond substituents is 1. The zero-order chi connectivity index (χ0) is 23.7. The Morgan fingerprint density at radius 2 is 1.58 bits per heavy atom. The number of para-hydroxylation sites is 1. The van der Waals surface area contributed by atoms with E-state index in [1.54, 1.807) is 12.3 Å². The average Bonchev–Trinajstić information content (AvgIpc) is 3.36. The third kappa shape index (κ3) is 3.18. The summed E-state index contributed by atoms with van der Waals surface area (Å²) in [4.78, 5) is 9.62. The van der Waals surface area contributed by atoms with Gasteiger partial charge in [-0.3, -0.25) is 4.98 Å². The van der Waals surface area contributed by atoms with Crippen molar-refractivity contribution in [1.29, 1.82) is 0 Å². The first-order valence-electron chi connectivity index (χ1n) is 11.7. The first kappa shape index (κ1) is 22.7. The fraction of sp³-hybridized carbons (Fsp3) is 0.0968. The van der Waals surface area contributed by atoms with Gasteiger partial charge in [0, 0.05) is 43.9 Å². The van der Waals surface area contributed by atoms with Crippen molar-refractivity contribution in [1.82, 2.24) is 9.97 Å². The molecule has 178 valence electrons. The molecule has 3 aromatic heterocycles. The number of nitrogens with zero attached hydrogens (tertiary/aromatic N) is 2. The van der Waals surface area contributed by atoms with Gasteiger partial charge in [0.2, 0.25) is 0 Å². The number of hydrogen-bond donors (Lipinski definition) is 1. The Kier molecular flexibility index (Phi) is 5.13. The summed E-state index contributed by atoms with van der Waals surface area (Å²) in [6.07, 6.45) is 1.79. The predicted molar refractivity (Wildman–Crippen MR) is 138 cm³/mol. The molecule has 0 amide bonds. The molecule has 4 nitrogen and oxygen atoms in total. The number of rotatable bonds is 2. The van der Waals surface area contributed by atoms with Crippen molar-refractivity contribution in [3.63, 3.8) is 0 Å². The molecule has 0 aliphatic heterocycles. The van der Waals surface area contributed by atoms with Gasteiger partial charge in [-0.1, -0.05) is 67.3 Å². The number of hydrogen-bond acceptors (Lipinski definition) is 4. The van der Waals surface area contributed by atoms with Crippen LogP contribution in [0.25, 0.3) is 55.7 Å². The largest absolute Gasteiger partial charge is 0.507 e. The van der Waals surface area contributed by atoms with E-state index in [9.17, 15) is 5.11 Å². The molecule has 5 heteroatoms. The van der Waals surface area contributed by atoms with Crippen LogP contribution < -0.4 is 0 Å². The summed E-state index contributed by atoms with van der Waals surface area (Å²) < 4.78 is 6.27. The zero-order valence-electron chi connectivity index (χ0n) is 19.6. The number of furan rings is 1. The summed E-state index contributed by atoms with van der Waals surface area (Å²) >= 11 is 0. The SMILES string of the molecule is CC1(C)c2ccc(-c3ccccc3O)nc2-c2c1ccc1oc3ccc(-c4ccccn4)[c-]c3c21.[Pt]. The second-order valence-electron chi connectivity index (χ2n) is 9.52. The topological polar surface area (TPSA) is 59.2 Å². The van der Waals surface area contributed by atoms with Gasteiger partial charge < -0.3 is 9.52 Å². The zero-order valence-corrected chi connectivity index (χ0v) is 21.9. The van der Waals surface area contributed by atoms with E-state index in [1.165, 1.54) is 5.56 Å². The molecule has 0 spiro atoms. The molecule has 0 atom stereocenters. The molecule has 1 aliphatic carbocycles. The summed E-state index contributed by atoms with van der Waals surface area (Å²) in [5, 5.41) is 12.4. The average molecular weight is 649 g/mol. The molecule has 0 radical (unpaired) electrons. The van der Waals surface area contributed by atoms with Crippen molar-refractivity contribution in [2.45, 2.75) is 19.3 Å². The molecule has 3 heterocycles. The van der Waals surface area contributed by atoms with Crippen LogP contribution in [0.2, 0.25) is 0 Å². The normalized spacial score (nSPS) is 13.4. The second-order valence-corrected chi connectivity index (χ2v) is 9.52. The fourth-order valence-corrected chi connectivity index (χ4v) is 5.36. The fourth-order valence-electron chi connectivity index (χ4n) is 5.36. The van der Waals surface area contributed by atoms with E-state index in [1.807, 2.05) is 54.6 Å². The minimum atomic E-state index is -0.217. The van der Waals surface area contributed by atoms with Crippen molar-refractivity contribution < 1.29 is 30.6 Å². The Labute approximate surface area is 222 Å². The molecule has 0 bridgehead atoms. The predicted octanol–water partition coefficient (Wildman–Crippen LogP) is 7.52. The summed E-state index contributed by atoms with van der Waals surface area (Å²) in [6.45, 7) is 4.46.